The predicted molar refractivity (Wildman–Crippen MR) is 111 cm³/mol. The molecule has 0 bridgehead atoms. The number of halogens is 3. The van der Waals surface area contributed by atoms with E-state index in [0.29, 0.717) is 0 Å². The normalized spacial score (nSPS) is 13.0. The summed E-state index contributed by atoms with van der Waals surface area (Å²) in [5.41, 5.74) is -2.44. The lowest BCUT2D eigenvalue weighted by Crippen LogP contribution is -2.48. The van der Waals surface area contributed by atoms with Crippen LogP contribution in [0, 0.1) is 0 Å². The topological polar surface area (TPSA) is 97.1 Å². The molecule has 0 spiro atoms. The summed E-state index contributed by atoms with van der Waals surface area (Å²) in [7, 11) is 0. The Kier molecular flexibility index (Phi) is 6.18. The lowest BCUT2D eigenvalue weighted by Gasteiger charge is -2.26. The van der Waals surface area contributed by atoms with Crippen molar-refractivity contribution in [1.82, 2.24) is 20.1 Å². The van der Waals surface area contributed by atoms with Gasteiger partial charge in [0.1, 0.15) is 5.56 Å². The second-order valence-electron chi connectivity index (χ2n) is 7.80. The highest BCUT2D eigenvalue weighted by Gasteiger charge is 2.30. The summed E-state index contributed by atoms with van der Waals surface area (Å²) in [6.07, 6.45) is -1.64. The van der Waals surface area contributed by atoms with E-state index >= 15 is 0 Å². The van der Waals surface area contributed by atoms with Crippen LogP contribution in [0.2, 0.25) is 0 Å². The molecule has 2 aromatic heterocycles. The minimum atomic E-state index is -4.50. The Morgan fingerprint density at radius 1 is 1.16 bits per heavy atom. The average molecular weight is 446 g/mol. The fourth-order valence-electron chi connectivity index (χ4n) is 2.73. The Labute approximate surface area is 181 Å². The van der Waals surface area contributed by atoms with Crippen molar-refractivity contribution < 1.29 is 23.1 Å². The van der Waals surface area contributed by atoms with Crippen LogP contribution in [0.1, 0.15) is 36.7 Å². The predicted octanol–water partition coefficient (Wildman–Crippen LogP) is 3.20. The van der Waals surface area contributed by atoms with Gasteiger partial charge in [0.05, 0.1) is 34.8 Å². The van der Waals surface area contributed by atoms with Crippen molar-refractivity contribution in [3.63, 3.8) is 0 Å². The molecule has 32 heavy (non-hydrogen) atoms. The first kappa shape index (κ1) is 23.1. The van der Waals surface area contributed by atoms with Crippen LogP contribution in [0.25, 0.3) is 16.9 Å². The van der Waals surface area contributed by atoms with Crippen molar-refractivity contribution in [1.29, 1.82) is 0 Å². The molecule has 0 aliphatic rings. The van der Waals surface area contributed by atoms with Crippen LogP contribution in [0.4, 0.5) is 13.2 Å². The van der Waals surface area contributed by atoms with Gasteiger partial charge in [-0.3, -0.25) is 14.6 Å². The molecule has 168 valence electrons. The molecular formula is C22H21F3N4O3. The molecule has 1 atom stereocenters. The number of benzene rings is 1. The maximum Gasteiger partial charge on any atom is 0.416 e. The first-order chi connectivity index (χ1) is 14.9. The third-order valence-electron chi connectivity index (χ3n) is 4.96. The zero-order chi connectivity index (χ0) is 23.7. The maximum absolute atomic E-state index is 13.0. The van der Waals surface area contributed by atoms with Gasteiger partial charge < -0.3 is 10.4 Å². The van der Waals surface area contributed by atoms with Crippen molar-refractivity contribution in [2.24, 2.45) is 0 Å². The van der Waals surface area contributed by atoms with Crippen LogP contribution in [-0.4, -0.2) is 37.4 Å². The van der Waals surface area contributed by atoms with E-state index in [1.165, 1.54) is 44.4 Å². The number of amides is 1. The van der Waals surface area contributed by atoms with Gasteiger partial charge in [0.2, 0.25) is 0 Å². The number of nitrogens with one attached hydrogen (secondary N) is 1. The molecule has 0 saturated heterocycles. The second kappa shape index (κ2) is 8.54. The highest BCUT2D eigenvalue weighted by molar-refractivity contribution is 5.95. The van der Waals surface area contributed by atoms with E-state index in [2.05, 4.69) is 15.4 Å². The SMILES string of the molecule is C[C@H](NC(=O)c1cc(-c2ccc(C(F)(F)F)cc2)nn(-c2cccnc2)c1=O)C(C)(C)O. The summed E-state index contributed by atoms with van der Waals surface area (Å²) < 4.78 is 39.7. The van der Waals surface area contributed by atoms with Crippen LogP contribution < -0.4 is 10.9 Å². The molecule has 2 heterocycles. The third kappa shape index (κ3) is 5.02. The Morgan fingerprint density at radius 2 is 1.81 bits per heavy atom. The summed E-state index contributed by atoms with van der Waals surface area (Å²) in [6, 6.07) is 7.87. The number of aliphatic hydroxyl groups is 1. The Morgan fingerprint density at radius 3 is 2.34 bits per heavy atom. The van der Waals surface area contributed by atoms with E-state index in [0.717, 1.165) is 16.8 Å². The van der Waals surface area contributed by atoms with Crippen LogP contribution in [0.15, 0.2) is 59.7 Å². The minimum absolute atomic E-state index is 0.114. The summed E-state index contributed by atoms with van der Waals surface area (Å²) >= 11 is 0. The van der Waals surface area contributed by atoms with Gasteiger partial charge in [-0.25, -0.2) is 0 Å². The number of hydrogen-bond acceptors (Lipinski definition) is 5. The molecule has 1 amide bonds. The molecule has 10 heteroatoms. The van der Waals surface area contributed by atoms with E-state index in [-0.39, 0.29) is 22.5 Å². The quantitative estimate of drug-likeness (QED) is 0.628. The van der Waals surface area contributed by atoms with E-state index < -0.39 is 34.8 Å². The van der Waals surface area contributed by atoms with Gasteiger partial charge in [-0.1, -0.05) is 12.1 Å². The molecule has 0 saturated carbocycles. The van der Waals surface area contributed by atoms with E-state index in [9.17, 15) is 27.9 Å². The maximum atomic E-state index is 13.0. The van der Waals surface area contributed by atoms with Crippen LogP contribution in [-0.2, 0) is 6.18 Å². The molecule has 7 nitrogen and oxygen atoms in total. The van der Waals surface area contributed by atoms with E-state index in [1.807, 2.05) is 0 Å². The molecular weight excluding hydrogens is 425 g/mol. The van der Waals surface area contributed by atoms with Crippen molar-refractivity contribution >= 4 is 5.91 Å². The average Bonchev–Trinajstić information content (AvgIpc) is 2.73. The zero-order valence-corrected chi connectivity index (χ0v) is 17.5. The third-order valence-corrected chi connectivity index (χ3v) is 4.96. The number of alkyl halides is 3. The molecule has 2 N–H and O–H groups in total. The number of aromatic nitrogens is 3. The van der Waals surface area contributed by atoms with Gasteiger partial charge in [0.25, 0.3) is 11.5 Å². The zero-order valence-electron chi connectivity index (χ0n) is 17.5. The van der Waals surface area contributed by atoms with Gasteiger partial charge >= 0.3 is 6.18 Å². The highest BCUT2D eigenvalue weighted by atomic mass is 19.4. The largest absolute Gasteiger partial charge is 0.416 e. The van der Waals surface area contributed by atoms with E-state index in [4.69, 9.17) is 0 Å². The van der Waals surface area contributed by atoms with Crippen molar-refractivity contribution in [3.8, 4) is 16.9 Å². The fraction of sp³-hybridized carbons (Fsp3) is 0.273. The van der Waals surface area contributed by atoms with Crippen LogP contribution in [0.5, 0.6) is 0 Å². The molecule has 3 rings (SSSR count). The van der Waals surface area contributed by atoms with Crippen molar-refractivity contribution in [2.45, 2.75) is 38.6 Å². The monoisotopic (exact) mass is 446 g/mol. The van der Waals surface area contributed by atoms with Gasteiger partial charge in [-0.2, -0.15) is 23.0 Å². The summed E-state index contributed by atoms with van der Waals surface area (Å²) in [6.45, 7) is 4.59. The molecule has 0 unspecified atom stereocenters. The highest BCUT2D eigenvalue weighted by Crippen LogP contribution is 2.30. The molecule has 1 aromatic carbocycles. The molecule has 0 radical (unpaired) electrons. The summed E-state index contributed by atoms with van der Waals surface area (Å²) in [4.78, 5) is 29.8. The summed E-state index contributed by atoms with van der Waals surface area (Å²) in [5.74, 6) is -0.752. The first-order valence-corrected chi connectivity index (χ1v) is 9.63. The Balaban J connectivity index is 2.13. The smallest absolute Gasteiger partial charge is 0.388 e. The standard InChI is InChI=1S/C22H21F3N4O3/c1-13(21(2,3)32)27-19(30)17-11-18(14-6-8-15(9-7-14)22(23,24)25)28-29(20(17)31)16-5-4-10-26-12-16/h4-13,32H,1-3H3,(H,27,30)/t13-/m0/s1. The van der Waals surface area contributed by atoms with Gasteiger partial charge in [-0.15, -0.1) is 0 Å². The lowest BCUT2D eigenvalue weighted by atomic mass is 10.0. The number of pyridine rings is 1. The van der Waals surface area contributed by atoms with Crippen LogP contribution >= 0.6 is 0 Å². The number of carbonyl (C=O) groups is 1. The number of carbonyl (C=O) groups excluding carboxylic acids is 1. The van der Waals surface area contributed by atoms with Crippen LogP contribution in [0.3, 0.4) is 0 Å². The number of hydrogen-bond donors (Lipinski definition) is 2. The fourth-order valence-corrected chi connectivity index (χ4v) is 2.73. The molecule has 0 fully saturated rings. The number of rotatable bonds is 5. The Hall–Kier alpha value is -3.53. The van der Waals surface area contributed by atoms with Gasteiger partial charge in [0.15, 0.2) is 0 Å². The van der Waals surface area contributed by atoms with Crippen molar-refractivity contribution in [2.75, 3.05) is 0 Å². The molecule has 3 aromatic rings. The lowest BCUT2D eigenvalue weighted by molar-refractivity contribution is -0.137. The van der Waals surface area contributed by atoms with Gasteiger partial charge in [-0.05, 0) is 51.1 Å². The molecule has 0 aliphatic heterocycles. The minimum Gasteiger partial charge on any atom is -0.388 e. The first-order valence-electron chi connectivity index (χ1n) is 9.63. The van der Waals surface area contributed by atoms with Crippen molar-refractivity contribution in [3.05, 3.63) is 76.3 Å². The summed E-state index contributed by atoms with van der Waals surface area (Å²) in [5, 5.41) is 16.9. The number of nitrogens with zero attached hydrogens (tertiary/aromatic N) is 3. The van der Waals surface area contributed by atoms with E-state index in [1.54, 1.807) is 19.1 Å². The second-order valence-corrected chi connectivity index (χ2v) is 7.80. The Bertz CT molecular complexity index is 1170. The molecule has 0 aliphatic carbocycles. The van der Waals surface area contributed by atoms with Gasteiger partial charge in [0, 0.05) is 11.8 Å².